The number of fused-ring (bicyclic) bond motifs is 1. The molecular weight excluding hydrogens is 683 g/mol. The number of carboxylic acids is 1. The molecule has 0 radical (unpaired) electrons. The number of aliphatic carboxylic acids is 1. The van der Waals surface area contributed by atoms with E-state index in [1.54, 1.807) is 13.0 Å². The number of aliphatic hydroxyl groups is 5. The lowest BCUT2D eigenvalue weighted by atomic mass is 9.71. The van der Waals surface area contributed by atoms with Crippen molar-refractivity contribution in [2.75, 3.05) is 12.3 Å². The van der Waals surface area contributed by atoms with Crippen LogP contribution in [0.15, 0.2) is 60.7 Å². The van der Waals surface area contributed by atoms with Gasteiger partial charge in [0.1, 0.15) is 0 Å². The van der Waals surface area contributed by atoms with Crippen LogP contribution >= 0.6 is 21.6 Å². The van der Waals surface area contributed by atoms with Crippen LogP contribution in [-0.4, -0.2) is 73.3 Å². The van der Waals surface area contributed by atoms with E-state index in [0.29, 0.717) is 51.5 Å². The third-order valence-electron chi connectivity index (χ3n) is 11.4. The number of hydrogen-bond donors (Lipinski definition) is 7. The van der Waals surface area contributed by atoms with Gasteiger partial charge in [-0.1, -0.05) is 82.3 Å². The van der Waals surface area contributed by atoms with Gasteiger partial charge in [0.15, 0.2) is 0 Å². The SMILES string of the molecule is CC(O)C(C(=O)O)C1CCc2ccccc2CSSCC(Cc2cccc(CO)c2)C(CC=CC(O)C(O)C2CCC(O)CC2)CCC1CCN. The molecule has 284 valence electrons. The van der Waals surface area contributed by atoms with Crippen LogP contribution in [0.25, 0.3) is 0 Å². The summed E-state index contributed by atoms with van der Waals surface area (Å²) in [6.45, 7) is 2.00. The lowest BCUT2D eigenvalue weighted by molar-refractivity contribution is -0.149. The van der Waals surface area contributed by atoms with Crippen LogP contribution in [0.4, 0.5) is 0 Å². The lowest BCUT2D eigenvalue weighted by Crippen LogP contribution is -2.38. The van der Waals surface area contributed by atoms with Gasteiger partial charge in [0, 0.05) is 11.5 Å². The molecular formula is C41H61NO7S2. The lowest BCUT2D eigenvalue weighted by Gasteiger charge is -2.35. The highest BCUT2D eigenvalue weighted by atomic mass is 33.1. The topological polar surface area (TPSA) is 164 Å². The fourth-order valence-corrected chi connectivity index (χ4v) is 11.1. The van der Waals surface area contributed by atoms with Gasteiger partial charge in [-0.15, -0.1) is 0 Å². The Morgan fingerprint density at radius 2 is 1.61 bits per heavy atom. The quantitative estimate of drug-likeness (QED) is 0.0936. The summed E-state index contributed by atoms with van der Waals surface area (Å²) in [4.78, 5) is 12.7. The van der Waals surface area contributed by atoms with Crippen molar-refractivity contribution < 1.29 is 35.4 Å². The fraction of sp³-hybridized carbons (Fsp3) is 0.634. The van der Waals surface area contributed by atoms with E-state index in [-0.39, 0.29) is 42.3 Å². The summed E-state index contributed by atoms with van der Waals surface area (Å²) in [6.07, 6.45) is 8.33. The first-order valence-corrected chi connectivity index (χ1v) is 21.4. The zero-order valence-corrected chi connectivity index (χ0v) is 31.8. The second-order valence-corrected chi connectivity index (χ2v) is 17.5. The molecule has 1 saturated carbocycles. The molecule has 4 rings (SSSR count). The first-order valence-electron chi connectivity index (χ1n) is 18.9. The predicted octanol–water partition coefficient (Wildman–Crippen LogP) is 6.14. The molecule has 2 aromatic rings. The molecule has 1 heterocycles. The Kier molecular flexibility index (Phi) is 17.8. The maximum atomic E-state index is 12.7. The van der Waals surface area contributed by atoms with Crippen LogP contribution in [0, 0.1) is 35.5 Å². The number of allylic oxidation sites excluding steroid dienone is 1. The first kappa shape index (κ1) is 41.9. The van der Waals surface area contributed by atoms with E-state index >= 15 is 0 Å². The van der Waals surface area contributed by atoms with E-state index in [0.717, 1.165) is 48.3 Å². The normalized spacial score (nSPS) is 27.9. The van der Waals surface area contributed by atoms with E-state index in [1.807, 2.05) is 45.9 Å². The number of rotatable bonds is 13. The fourth-order valence-electron chi connectivity index (χ4n) is 8.47. The summed E-state index contributed by atoms with van der Waals surface area (Å²) in [5, 5.41) is 62.9. The van der Waals surface area contributed by atoms with Gasteiger partial charge in [-0.2, -0.15) is 0 Å². The molecule has 51 heavy (non-hydrogen) atoms. The van der Waals surface area contributed by atoms with Crippen LogP contribution in [0.5, 0.6) is 0 Å². The van der Waals surface area contributed by atoms with E-state index in [4.69, 9.17) is 5.73 Å². The minimum atomic E-state index is -1.00. The molecule has 1 fully saturated rings. The summed E-state index contributed by atoms with van der Waals surface area (Å²) >= 11 is 0. The van der Waals surface area contributed by atoms with Crippen LogP contribution in [0.1, 0.15) is 87.0 Å². The van der Waals surface area contributed by atoms with E-state index in [9.17, 15) is 35.4 Å². The van der Waals surface area contributed by atoms with E-state index < -0.39 is 30.2 Å². The van der Waals surface area contributed by atoms with Gasteiger partial charge >= 0.3 is 5.97 Å². The molecule has 2 aromatic carbocycles. The third-order valence-corrected chi connectivity index (χ3v) is 13.9. The number of aryl methyl sites for hydroxylation is 1. The average Bonchev–Trinajstić information content (AvgIpc) is 3.12. The molecule has 10 heteroatoms. The van der Waals surface area contributed by atoms with Crippen LogP contribution in [0.3, 0.4) is 0 Å². The smallest absolute Gasteiger partial charge is 0.309 e. The molecule has 1 aliphatic carbocycles. The number of carbonyl (C=O) groups is 1. The maximum absolute atomic E-state index is 12.7. The van der Waals surface area contributed by atoms with Gasteiger partial charge in [-0.25, -0.2) is 0 Å². The van der Waals surface area contributed by atoms with Crippen LogP contribution in [0.2, 0.25) is 0 Å². The van der Waals surface area contributed by atoms with Crippen molar-refractivity contribution >= 4 is 27.6 Å². The maximum Gasteiger partial charge on any atom is 0.309 e. The third kappa shape index (κ3) is 12.9. The summed E-state index contributed by atoms with van der Waals surface area (Å²) in [5.41, 5.74) is 10.7. The Balaban J connectivity index is 1.66. The Labute approximate surface area is 312 Å². The number of hydrogen-bond acceptors (Lipinski definition) is 9. The molecule has 0 spiro atoms. The zero-order valence-electron chi connectivity index (χ0n) is 30.1. The zero-order chi connectivity index (χ0) is 36.8. The summed E-state index contributed by atoms with van der Waals surface area (Å²) in [6, 6.07) is 16.5. The Morgan fingerprint density at radius 3 is 2.29 bits per heavy atom. The minimum absolute atomic E-state index is 0.00161. The average molecular weight is 744 g/mol. The first-order chi connectivity index (χ1) is 24.6. The minimum Gasteiger partial charge on any atom is -0.481 e. The highest BCUT2D eigenvalue weighted by Crippen LogP contribution is 2.40. The summed E-state index contributed by atoms with van der Waals surface area (Å²) in [7, 11) is 3.71. The van der Waals surface area contributed by atoms with Crippen molar-refractivity contribution in [1.82, 2.24) is 0 Å². The Bertz CT molecular complexity index is 1350. The summed E-state index contributed by atoms with van der Waals surface area (Å²) < 4.78 is 0. The molecule has 2 aliphatic rings. The molecule has 0 saturated heterocycles. The van der Waals surface area contributed by atoms with E-state index in [2.05, 4.69) is 30.3 Å². The predicted molar refractivity (Wildman–Crippen MR) is 208 cm³/mol. The molecule has 1 aliphatic heterocycles. The van der Waals surface area contributed by atoms with Crippen molar-refractivity contribution in [3.63, 3.8) is 0 Å². The molecule has 8 nitrogen and oxygen atoms in total. The van der Waals surface area contributed by atoms with Crippen LogP contribution < -0.4 is 5.73 Å². The van der Waals surface area contributed by atoms with Gasteiger partial charge in [-0.3, -0.25) is 4.79 Å². The molecule has 8 atom stereocenters. The summed E-state index contributed by atoms with van der Waals surface area (Å²) in [5.74, 6) is -0.0295. The second-order valence-electron chi connectivity index (χ2n) is 15.0. The van der Waals surface area contributed by atoms with Crippen molar-refractivity contribution in [3.8, 4) is 0 Å². The van der Waals surface area contributed by atoms with Crippen molar-refractivity contribution in [2.24, 2.45) is 41.2 Å². The number of aliphatic hydroxyl groups excluding tert-OH is 5. The largest absolute Gasteiger partial charge is 0.481 e. The van der Waals surface area contributed by atoms with Gasteiger partial charge in [0.2, 0.25) is 0 Å². The number of benzene rings is 2. The Hall–Kier alpha value is -1.89. The van der Waals surface area contributed by atoms with Crippen molar-refractivity contribution in [2.45, 2.75) is 114 Å². The highest BCUT2D eigenvalue weighted by molar-refractivity contribution is 8.76. The Morgan fingerprint density at radius 1 is 0.902 bits per heavy atom. The molecule has 0 bridgehead atoms. The number of carboxylic acid groups (broad SMARTS) is 1. The molecule has 0 amide bonds. The monoisotopic (exact) mass is 743 g/mol. The second kappa shape index (κ2) is 21.7. The van der Waals surface area contributed by atoms with Crippen molar-refractivity contribution in [3.05, 3.63) is 82.9 Å². The standard InChI is InChI=1S/C41H61NO7S2/c1-27(44)39(41(48)49)37-19-16-30-8-2-3-9-34(30)25-50-51-26-35(23-28-6-4-7-29(22-28)24-43)31(12-13-32(37)20-21-42)10-5-11-38(46)40(47)33-14-17-36(45)18-15-33/h2-9,11,22,27,31-33,35-40,43-47H,10,12-21,23-26,42H2,1H3,(H,48,49). The number of nitrogens with two attached hydrogens (primary N) is 1. The van der Waals surface area contributed by atoms with Gasteiger partial charge in [0.25, 0.3) is 0 Å². The van der Waals surface area contributed by atoms with Crippen molar-refractivity contribution in [1.29, 1.82) is 0 Å². The van der Waals surface area contributed by atoms with Gasteiger partial charge < -0.3 is 36.4 Å². The highest BCUT2D eigenvalue weighted by Gasteiger charge is 2.38. The van der Waals surface area contributed by atoms with Gasteiger partial charge in [-0.05, 0) is 136 Å². The van der Waals surface area contributed by atoms with Crippen LogP contribution in [-0.2, 0) is 30.0 Å². The molecule has 8 N–H and O–H groups in total. The van der Waals surface area contributed by atoms with E-state index in [1.165, 1.54) is 11.1 Å². The van der Waals surface area contributed by atoms with Gasteiger partial charge in [0.05, 0.1) is 36.9 Å². The molecule has 0 aromatic heterocycles. The molecule has 8 unspecified atom stereocenters.